The van der Waals surface area contributed by atoms with Crippen LogP contribution in [0.1, 0.15) is 24.4 Å². The van der Waals surface area contributed by atoms with Crippen molar-refractivity contribution in [3.8, 4) is 17.2 Å². The third-order valence-electron chi connectivity index (χ3n) is 4.94. The van der Waals surface area contributed by atoms with E-state index in [2.05, 4.69) is 10.2 Å². The van der Waals surface area contributed by atoms with E-state index in [1.807, 2.05) is 66.1 Å². The molecule has 9 heteroatoms. The van der Waals surface area contributed by atoms with Gasteiger partial charge in [-0.15, -0.1) is 10.2 Å². The van der Waals surface area contributed by atoms with Crippen molar-refractivity contribution in [2.24, 2.45) is 0 Å². The van der Waals surface area contributed by atoms with Crippen LogP contribution in [-0.2, 0) is 5.75 Å². The van der Waals surface area contributed by atoms with Crippen LogP contribution in [0.5, 0.6) is 11.5 Å². The minimum Gasteiger partial charge on any atom is -0.497 e. The molecule has 0 aliphatic rings. The molecule has 1 atom stereocenters. The van der Waals surface area contributed by atoms with Gasteiger partial charge in [-0.25, -0.2) is 0 Å². The number of nitro benzene ring substituents is 1. The van der Waals surface area contributed by atoms with Crippen molar-refractivity contribution in [3.63, 3.8) is 0 Å². The van der Waals surface area contributed by atoms with Crippen LogP contribution >= 0.6 is 11.8 Å². The van der Waals surface area contributed by atoms with Crippen molar-refractivity contribution < 1.29 is 14.4 Å². The summed E-state index contributed by atoms with van der Waals surface area (Å²) in [4.78, 5) is 11.0. The minimum atomic E-state index is -0.412. The standard InChI is InChI=1S/C24H22N4O4S/c1-17(32-21-13-8-12-20(15-21)31-2)23-25-26-24(27(23)19-10-4-3-5-11-19)33-16-18-9-6-7-14-22(18)28(29)30/h3-15,17H,16H2,1-2H3. The molecule has 4 aromatic rings. The molecule has 0 spiro atoms. The zero-order chi connectivity index (χ0) is 23.2. The number of nitrogens with zero attached hydrogens (tertiary/aromatic N) is 4. The third-order valence-corrected chi connectivity index (χ3v) is 5.91. The van der Waals surface area contributed by atoms with Crippen LogP contribution < -0.4 is 9.47 Å². The number of hydrogen-bond acceptors (Lipinski definition) is 7. The van der Waals surface area contributed by atoms with Gasteiger partial charge in [-0.1, -0.05) is 54.2 Å². The van der Waals surface area contributed by atoms with E-state index < -0.39 is 6.10 Å². The van der Waals surface area contributed by atoms with Crippen molar-refractivity contribution in [1.82, 2.24) is 14.8 Å². The molecule has 8 nitrogen and oxygen atoms in total. The van der Waals surface area contributed by atoms with Crippen molar-refractivity contribution in [2.75, 3.05) is 7.11 Å². The molecule has 1 heterocycles. The van der Waals surface area contributed by atoms with E-state index in [9.17, 15) is 10.1 Å². The highest BCUT2D eigenvalue weighted by atomic mass is 32.2. The quantitative estimate of drug-likeness (QED) is 0.181. The van der Waals surface area contributed by atoms with Gasteiger partial charge in [0.05, 0.1) is 12.0 Å². The molecule has 3 aromatic carbocycles. The molecular weight excluding hydrogens is 440 g/mol. The van der Waals surface area contributed by atoms with E-state index in [-0.39, 0.29) is 10.6 Å². The van der Waals surface area contributed by atoms with Crippen LogP contribution in [-0.4, -0.2) is 26.8 Å². The lowest BCUT2D eigenvalue weighted by Gasteiger charge is -2.17. The number of para-hydroxylation sites is 2. The molecule has 0 saturated heterocycles. The highest BCUT2D eigenvalue weighted by Gasteiger charge is 2.22. The second-order valence-corrected chi connectivity index (χ2v) is 8.07. The first-order chi connectivity index (χ1) is 16.1. The monoisotopic (exact) mass is 462 g/mol. The molecule has 168 valence electrons. The molecular formula is C24H22N4O4S. The van der Waals surface area contributed by atoms with Gasteiger partial charge in [0.25, 0.3) is 5.69 Å². The Morgan fingerprint density at radius 2 is 1.73 bits per heavy atom. The number of thioether (sulfide) groups is 1. The van der Waals surface area contributed by atoms with Gasteiger partial charge < -0.3 is 9.47 Å². The summed E-state index contributed by atoms with van der Waals surface area (Å²) in [5.74, 6) is 2.35. The van der Waals surface area contributed by atoms with Gasteiger partial charge in [0.15, 0.2) is 17.1 Å². The molecule has 0 radical (unpaired) electrons. The Hall–Kier alpha value is -3.85. The fourth-order valence-corrected chi connectivity index (χ4v) is 4.30. The Balaban J connectivity index is 1.64. The maximum Gasteiger partial charge on any atom is 0.273 e. The topological polar surface area (TPSA) is 92.3 Å². The smallest absolute Gasteiger partial charge is 0.273 e. The third kappa shape index (κ3) is 5.15. The summed E-state index contributed by atoms with van der Waals surface area (Å²) in [5, 5.41) is 20.8. The average Bonchev–Trinajstić information content (AvgIpc) is 3.27. The normalized spacial score (nSPS) is 11.7. The molecule has 33 heavy (non-hydrogen) atoms. The number of nitro groups is 1. The first-order valence-corrected chi connectivity index (χ1v) is 11.2. The number of methoxy groups -OCH3 is 1. The zero-order valence-corrected chi connectivity index (χ0v) is 18.9. The maximum absolute atomic E-state index is 11.4. The first-order valence-electron chi connectivity index (χ1n) is 10.2. The molecule has 0 saturated carbocycles. The highest BCUT2D eigenvalue weighted by molar-refractivity contribution is 7.98. The lowest BCUT2D eigenvalue weighted by molar-refractivity contribution is -0.385. The van der Waals surface area contributed by atoms with Crippen molar-refractivity contribution in [2.45, 2.75) is 23.9 Å². The number of hydrogen-bond donors (Lipinski definition) is 0. The predicted molar refractivity (Wildman–Crippen MR) is 126 cm³/mol. The van der Waals surface area contributed by atoms with Crippen molar-refractivity contribution in [3.05, 3.63) is 100 Å². The lowest BCUT2D eigenvalue weighted by Crippen LogP contribution is -2.11. The second-order valence-electron chi connectivity index (χ2n) is 7.13. The highest BCUT2D eigenvalue weighted by Crippen LogP contribution is 2.32. The summed E-state index contributed by atoms with van der Waals surface area (Å²) in [5.41, 5.74) is 1.59. The van der Waals surface area contributed by atoms with E-state index in [1.165, 1.54) is 17.8 Å². The molecule has 0 bridgehead atoms. The molecule has 0 aliphatic carbocycles. The lowest BCUT2D eigenvalue weighted by atomic mass is 10.2. The van der Waals surface area contributed by atoms with E-state index >= 15 is 0 Å². The average molecular weight is 463 g/mol. The molecule has 1 unspecified atom stereocenters. The van der Waals surface area contributed by atoms with Gasteiger partial charge in [0.2, 0.25) is 0 Å². The fraction of sp³-hybridized carbons (Fsp3) is 0.167. The van der Waals surface area contributed by atoms with Crippen LogP contribution in [0.25, 0.3) is 5.69 Å². The Morgan fingerprint density at radius 3 is 2.48 bits per heavy atom. The molecule has 1 aromatic heterocycles. The van der Waals surface area contributed by atoms with Gasteiger partial charge in [-0.3, -0.25) is 14.7 Å². The summed E-state index contributed by atoms with van der Waals surface area (Å²) in [7, 11) is 1.61. The minimum absolute atomic E-state index is 0.0886. The maximum atomic E-state index is 11.4. The predicted octanol–water partition coefficient (Wildman–Crippen LogP) is 5.62. The summed E-state index contributed by atoms with van der Waals surface area (Å²) >= 11 is 1.39. The number of rotatable bonds is 9. The summed E-state index contributed by atoms with van der Waals surface area (Å²) in [6.07, 6.45) is -0.412. The number of aromatic nitrogens is 3. The molecule has 0 aliphatic heterocycles. The van der Waals surface area contributed by atoms with E-state index in [0.29, 0.717) is 33.8 Å². The largest absolute Gasteiger partial charge is 0.497 e. The van der Waals surface area contributed by atoms with E-state index in [4.69, 9.17) is 9.47 Å². The fourth-order valence-electron chi connectivity index (χ4n) is 3.34. The van der Waals surface area contributed by atoms with Crippen LogP contribution in [0.4, 0.5) is 5.69 Å². The van der Waals surface area contributed by atoms with Gasteiger partial charge in [-0.2, -0.15) is 0 Å². The van der Waals surface area contributed by atoms with Crippen molar-refractivity contribution in [1.29, 1.82) is 0 Å². The van der Waals surface area contributed by atoms with Gasteiger partial charge in [0.1, 0.15) is 11.5 Å². The van der Waals surface area contributed by atoms with Crippen LogP contribution in [0.15, 0.2) is 84.0 Å². The SMILES string of the molecule is COc1cccc(OC(C)c2nnc(SCc3ccccc3[N+](=O)[O-])n2-c2ccccc2)c1. The number of ether oxygens (including phenoxy) is 2. The Bertz CT molecular complexity index is 1250. The second kappa shape index (κ2) is 10.2. The van der Waals surface area contributed by atoms with Crippen LogP contribution in [0, 0.1) is 10.1 Å². The Labute approximate surface area is 195 Å². The molecule has 0 N–H and O–H groups in total. The molecule has 0 amide bonds. The van der Waals surface area contributed by atoms with Gasteiger partial charge >= 0.3 is 0 Å². The molecule has 0 fully saturated rings. The summed E-state index contributed by atoms with van der Waals surface area (Å²) in [6.45, 7) is 1.90. The number of benzene rings is 3. The van der Waals surface area contributed by atoms with Crippen LogP contribution in [0.2, 0.25) is 0 Å². The van der Waals surface area contributed by atoms with Crippen molar-refractivity contribution >= 4 is 17.4 Å². The van der Waals surface area contributed by atoms with Gasteiger partial charge in [-0.05, 0) is 31.2 Å². The summed E-state index contributed by atoms with van der Waals surface area (Å²) < 4.78 is 13.3. The van der Waals surface area contributed by atoms with Crippen LogP contribution in [0.3, 0.4) is 0 Å². The van der Waals surface area contributed by atoms with E-state index in [1.54, 1.807) is 25.3 Å². The Kier molecular flexibility index (Phi) is 6.89. The van der Waals surface area contributed by atoms with Gasteiger partial charge in [0, 0.05) is 29.1 Å². The summed E-state index contributed by atoms with van der Waals surface area (Å²) in [6, 6.07) is 23.8. The Morgan fingerprint density at radius 1 is 1.00 bits per heavy atom. The van der Waals surface area contributed by atoms with E-state index in [0.717, 1.165) is 5.69 Å². The first kappa shape index (κ1) is 22.3. The zero-order valence-electron chi connectivity index (χ0n) is 18.1. The molecule has 4 rings (SSSR count).